The molecule has 1 N–H and O–H groups in total. The molecule has 2 rings (SSSR count). The van der Waals surface area contributed by atoms with Gasteiger partial charge in [-0.3, -0.25) is 4.79 Å². The number of Topliss-reactive ketones (excluding diaryl/α,β-unsaturated/α-hetero) is 1. The van der Waals surface area contributed by atoms with Gasteiger partial charge in [-0.25, -0.2) is 4.39 Å². The second kappa shape index (κ2) is 4.26. The van der Waals surface area contributed by atoms with Gasteiger partial charge in [0.15, 0.2) is 5.78 Å². The molecule has 0 heterocycles. The zero-order valence-electron chi connectivity index (χ0n) is 8.29. The van der Waals surface area contributed by atoms with Gasteiger partial charge in [0.05, 0.1) is 5.69 Å². The summed E-state index contributed by atoms with van der Waals surface area (Å²) in [5.41, 5.74) is 1.17. The number of ketones is 1. The Hall–Kier alpha value is -1.64. The molecule has 1 aliphatic carbocycles. The number of hydrogen-bond donors (Lipinski definition) is 1. The summed E-state index contributed by atoms with van der Waals surface area (Å²) in [7, 11) is 0. The van der Waals surface area contributed by atoms with Crippen molar-refractivity contribution in [2.24, 2.45) is 0 Å². The fourth-order valence-corrected chi connectivity index (χ4v) is 1.64. The molecule has 0 amide bonds. The van der Waals surface area contributed by atoms with Crippen molar-refractivity contribution in [1.82, 2.24) is 0 Å². The summed E-state index contributed by atoms with van der Waals surface area (Å²) in [6, 6.07) is 6.41. The van der Waals surface area contributed by atoms with E-state index in [1.807, 2.05) is 0 Å². The maximum atomic E-state index is 13.2. The quantitative estimate of drug-likeness (QED) is 0.752. The molecule has 3 heteroatoms. The highest BCUT2D eigenvalue weighted by atomic mass is 19.1. The Morgan fingerprint density at radius 3 is 2.73 bits per heavy atom. The summed E-state index contributed by atoms with van der Waals surface area (Å²) >= 11 is 0. The molecule has 1 saturated carbocycles. The lowest BCUT2D eigenvalue weighted by atomic mass is 10.2. The first-order valence-corrected chi connectivity index (χ1v) is 5.00. The predicted octanol–water partition coefficient (Wildman–Crippen LogP) is 2.87. The Balaban J connectivity index is 2.10. The van der Waals surface area contributed by atoms with Gasteiger partial charge in [0.2, 0.25) is 0 Å². The van der Waals surface area contributed by atoms with E-state index in [0.717, 1.165) is 18.4 Å². The van der Waals surface area contributed by atoms with Crippen molar-refractivity contribution >= 4 is 11.5 Å². The van der Waals surface area contributed by atoms with Crippen LogP contribution < -0.4 is 5.32 Å². The van der Waals surface area contributed by atoms with E-state index in [4.69, 9.17) is 0 Å². The molecule has 0 aromatic heterocycles. The average Bonchev–Trinajstić information content (AvgIpc) is 2.63. The zero-order chi connectivity index (χ0) is 10.7. The predicted molar refractivity (Wildman–Crippen MR) is 57.0 cm³/mol. The van der Waals surface area contributed by atoms with E-state index in [9.17, 15) is 9.18 Å². The fraction of sp³-hybridized carbons (Fsp3) is 0.250. The normalized spacial score (nSPS) is 18.5. The molecule has 15 heavy (non-hydrogen) atoms. The van der Waals surface area contributed by atoms with E-state index in [-0.39, 0.29) is 11.6 Å². The molecule has 1 aromatic rings. The first kappa shape index (κ1) is 9.90. The van der Waals surface area contributed by atoms with E-state index in [0.29, 0.717) is 12.1 Å². The molecule has 1 fully saturated rings. The number of hydrogen-bond acceptors (Lipinski definition) is 2. The molecule has 0 radical (unpaired) electrons. The standard InChI is InChI=1S/C12H12FNO/c13-10-5-1-2-6-11(10)14-8-9-4-3-7-12(9)15/h1-2,5-6,8,14H,3-4,7H2/b9-8-. The monoisotopic (exact) mass is 205 g/mol. The minimum atomic E-state index is -0.306. The molecule has 2 nitrogen and oxygen atoms in total. The van der Waals surface area contributed by atoms with E-state index < -0.39 is 0 Å². The van der Waals surface area contributed by atoms with Gasteiger partial charge >= 0.3 is 0 Å². The lowest BCUT2D eigenvalue weighted by molar-refractivity contribution is -0.114. The van der Waals surface area contributed by atoms with E-state index in [1.54, 1.807) is 24.4 Å². The lowest BCUT2D eigenvalue weighted by Gasteiger charge is -2.02. The van der Waals surface area contributed by atoms with Crippen LogP contribution in [0.5, 0.6) is 0 Å². The van der Waals surface area contributed by atoms with Crippen LogP contribution in [0, 0.1) is 5.82 Å². The van der Waals surface area contributed by atoms with Crippen molar-refractivity contribution in [3.05, 3.63) is 41.9 Å². The van der Waals surface area contributed by atoms with Crippen molar-refractivity contribution in [3.63, 3.8) is 0 Å². The number of nitrogens with one attached hydrogen (secondary N) is 1. The number of benzene rings is 1. The highest BCUT2D eigenvalue weighted by molar-refractivity contribution is 5.97. The second-order valence-electron chi connectivity index (χ2n) is 3.57. The van der Waals surface area contributed by atoms with Crippen molar-refractivity contribution < 1.29 is 9.18 Å². The Kier molecular flexibility index (Phi) is 2.81. The summed E-state index contributed by atoms with van der Waals surface area (Å²) < 4.78 is 13.2. The van der Waals surface area contributed by atoms with Crippen LogP contribution in [-0.2, 0) is 4.79 Å². The third kappa shape index (κ3) is 2.24. The smallest absolute Gasteiger partial charge is 0.160 e. The molecule has 0 atom stereocenters. The van der Waals surface area contributed by atoms with Crippen molar-refractivity contribution in [2.45, 2.75) is 19.3 Å². The minimum absolute atomic E-state index is 0.166. The molecule has 0 saturated heterocycles. The highest BCUT2D eigenvalue weighted by Gasteiger charge is 2.16. The van der Waals surface area contributed by atoms with Crippen LogP contribution in [0.15, 0.2) is 36.0 Å². The Morgan fingerprint density at radius 1 is 1.27 bits per heavy atom. The lowest BCUT2D eigenvalue weighted by Crippen LogP contribution is -1.97. The van der Waals surface area contributed by atoms with Gasteiger partial charge in [-0.15, -0.1) is 0 Å². The maximum Gasteiger partial charge on any atom is 0.160 e. The number of rotatable bonds is 2. The van der Waals surface area contributed by atoms with Crippen LogP contribution in [0.4, 0.5) is 10.1 Å². The Labute approximate surface area is 87.8 Å². The largest absolute Gasteiger partial charge is 0.359 e. The summed E-state index contributed by atoms with van der Waals surface area (Å²) in [6.45, 7) is 0. The van der Waals surface area contributed by atoms with E-state index >= 15 is 0 Å². The SMILES string of the molecule is O=C1CCC/C1=C/Nc1ccccc1F. The van der Waals surface area contributed by atoms with Crippen LogP contribution in [-0.4, -0.2) is 5.78 Å². The number of allylic oxidation sites excluding steroid dienone is 1. The van der Waals surface area contributed by atoms with E-state index in [2.05, 4.69) is 5.32 Å². The Bertz CT molecular complexity index is 412. The van der Waals surface area contributed by atoms with Gasteiger partial charge < -0.3 is 5.32 Å². The molecule has 0 spiro atoms. The van der Waals surface area contributed by atoms with E-state index in [1.165, 1.54) is 6.07 Å². The molecular formula is C12H12FNO. The summed E-state index contributed by atoms with van der Waals surface area (Å²) in [6.07, 6.45) is 3.93. The van der Waals surface area contributed by atoms with Crippen LogP contribution in [0.1, 0.15) is 19.3 Å². The first-order valence-electron chi connectivity index (χ1n) is 5.00. The number of halogens is 1. The highest BCUT2D eigenvalue weighted by Crippen LogP contribution is 2.21. The van der Waals surface area contributed by atoms with Gasteiger partial charge in [-0.1, -0.05) is 12.1 Å². The van der Waals surface area contributed by atoms with Crippen molar-refractivity contribution in [3.8, 4) is 0 Å². The zero-order valence-corrected chi connectivity index (χ0v) is 8.29. The number of para-hydroxylation sites is 1. The first-order chi connectivity index (χ1) is 7.27. The maximum absolute atomic E-state index is 13.2. The molecule has 0 unspecified atom stereocenters. The molecule has 1 aliphatic rings. The van der Waals surface area contributed by atoms with Gasteiger partial charge in [0.1, 0.15) is 5.82 Å². The molecular weight excluding hydrogens is 193 g/mol. The molecule has 78 valence electrons. The third-order valence-electron chi connectivity index (χ3n) is 2.48. The molecule has 0 aliphatic heterocycles. The van der Waals surface area contributed by atoms with Crippen LogP contribution in [0.25, 0.3) is 0 Å². The second-order valence-corrected chi connectivity index (χ2v) is 3.57. The fourth-order valence-electron chi connectivity index (χ4n) is 1.64. The number of carbonyl (C=O) groups is 1. The van der Waals surface area contributed by atoms with Crippen molar-refractivity contribution in [2.75, 3.05) is 5.32 Å². The molecule has 0 bridgehead atoms. The van der Waals surface area contributed by atoms with Gasteiger partial charge in [-0.05, 0) is 25.0 Å². The van der Waals surface area contributed by atoms with Gasteiger partial charge in [0.25, 0.3) is 0 Å². The topological polar surface area (TPSA) is 29.1 Å². The average molecular weight is 205 g/mol. The van der Waals surface area contributed by atoms with Crippen LogP contribution in [0.2, 0.25) is 0 Å². The van der Waals surface area contributed by atoms with Gasteiger partial charge in [-0.2, -0.15) is 0 Å². The van der Waals surface area contributed by atoms with Gasteiger partial charge in [0, 0.05) is 18.2 Å². The van der Waals surface area contributed by atoms with Crippen LogP contribution in [0.3, 0.4) is 0 Å². The Morgan fingerprint density at radius 2 is 2.07 bits per heavy atom. The third-order valence-corrected chi connectivity index (χ3v) is 2.48. The number of anilines is 1. The minimum Gasteiger partial charge on any atom is -0.359 e. The summed E-state index contributed by atoms with van der Waals surface area (Å²) in [4.78, 5) is 11.3. The van der Waals surface area contributed by atoms with Crippen molar-refractivity contribution in [1.29, 1.82) is 0 Å². The number of carbonyl (C=O) groups excluding carboxylic acids is 1. The summed E-state index contributed by atoms with van der Waals surface area (Å²) in [5, 5.41) is 2.83. The van der Waals surface area contributed by atoms with Crippen LogP contribution >= 0.6 is 0 Å². The molecule has 1 aromatic carbocycles. The summed E-state index contributed by atoms with van der Waals surface area (Å²) in [5.74, 6) is -0.140.